The molecule has 1 heteroatoms. The molecule has 1 aliphatic rings. The van der Waals surface area contributed by atoms with Gasteiger partial charge in [0, 0.05) is 11.6 Å². The van der Waals surface area contributed by atoms with Crippen molar-refractivity contribution in [1.82, 2.24) is 0 Å². The number of aliphatic imine (C=N–C) groups is 1. The second-order valence-electron chi connectivity index (χ2n) is 2.85. The van der Waals surface area contributed by atoms with E-state index in [9.17, 15) is 0 Å². The first-order valence-corrected chi connectivity index (χ1v) is 3.58. The molecule has 0 bridgehead atoms. The number of allylic oxidation sites excluding steroid dienone is 3. The molecule has 0 aromatic heterocycles. The Morgan fingerprint density at radius 2 is 2.20 bits per heavy atom. The van der Waals surface area contributed by atoms with Crippen LogP contribution in [0.1, 0.15) is 19.8 Å². The molecular weight excluding hydrogens is 122 g/mol. The molecule has 1 aliphatic carbocycles. The van der Waals surface area contributed by atoms with Gasteiger partial charge < -0.3 is 0 Å². The van der Waals surface area contributed by atoms with Gasteiger partial charge in [0.1, 0.15) is 0 Å². The molecule has 10 heavy (non-hydrogen) atoms. The van der Waals surface area contributed by atoms with Crippen molar-refractivity contribution in [3.63, 3.8) is 0 Å². The predicted molar refractivity (Wildman–Crippen MR) is 45.2 cm³/mol. The molecule has 0 saturated heterocycles. The van der Waals surface area contributed by atoms with Gasteiger partial charge >= 0.3 is 0 Å². The van der Waals surface area contributed by atoms with Gasteiger partial charge in [-0.1, -0.05) is 12.2 Å². The lowest BCUT2D eigenvalue weighted by atomic mass is 10.2. The predicted octanol–water partition coefficient (Wildman–Crippen LogP) is 2.56. The molecule has 0 amide bonds. The molecule has 1 fully saturated rings. The van der Waals surface area contributed by atoms with Crippen LogP contribution in [0.25, 0.3) is 0 Å². The van der Waals surface area contributed by atoms with Gasteiger partial charge in [-0.3, -0.25) is 4.99 Å². The lowest BCUT2D eigenvalue weighted by Crippen LogP contribution is -1.80. The first-order chi connectivity index (χ1) is 4.74. The van der Waals surface area contributed by atoms with Crippen molar-refractivity contribution in [2.45, 2.75) is 19.8 Å². The Balaban J connectivity index is 2.61. The van der Waals surface area contributed by atoms with Crippen molar-refractivity contribution in [3.8, 4) is 0 Å². The Hall–Kier alpha value is -0.850. The lowest BCUT2D eigenvalue weighted by molar-refractivity contribution is 0.982. The molecule has 0 aromatic carbocycles. The van der Waals surface area contributed by atoms with E-state index >= 15 is 0 Å². The normalized spacial score (nSPS) is 18.7. The van der Waals surface area contributed by atoms with E-state index in [1.54, 1.807) is 0 Å². The molecule has 0 radical (unpaired) electrons. The number of hydrogen-bond acceptors (Lipinski definition) is 1. The highest BCUT2D eigenvalue weighted by Gasteiger charge is 2.24. The molecule has 0 aromatic rings. The van der Waals surface area contributed by atoms with E-state index in [2.05, 4.69) is 18.3 Å². The average molecular weight is 135 g/mol. The minimum absolute atomic E-state index is 0.689. The van der Waals surface area contributed by atoms with Crippen LogP contribution in [0.15, 0.2) is 28.9 Å². The van der Waals surface area contributed by atoms with Gasteiger partial charge in [-0.05, 0) is 32.6 Å². The van der Waals surface area contributed by atoms with E-state index in [4.69, 9.17) is 0 Å². The summed E-state index contributed by atoms with van der Waals surface area (Å²) >= 11 is 0. The van der Waals surface area contributed by atoms with Crippen molar-refractivity contribution in [2.24, 2.45) is 10.9 Å². The highest BCUT2D eigenvalue weighted by Crippen LogP contribution is 2.37. The third-order valence-electron chi connectivity index (χ3n) is 1.57. The minimum atomic E-state index is 0.689. The van der Waals surface area contributed by atoms with Gasteiger partial charge in [0.2, 0.25) is 0 Å². The zero-order chi connectivity index (χ0) is 7.56. The van der Waals surface area contributed by atoms with E-state index in [0.717, 1.165) is 11.3 Å². The van der Waals surface area contributed by atoms with E-state index in [0.29, 0.717) is 5.92 Å². The molecule has 0 aliphatic heterocycles. The quantitative estimate of drug-likeness (QED) is 0.416. The molecular formula is C9H13N. The van der Waals surface area contributed by atoms with Crippen LogP contribution in [0.3, 0.4) is 0 Å². The fourth-order valence-electron chi connectivity index (χ4n) is 0.924. The molecule has 0 atom stereocenters. The molecule has 0 spiro atoms. The van der Waals surface area contributed by atoms with E-state index in [1.807, 2.05) is 13.0 Å². The second kappa shape index (κ2) is 2.82. The van der Waals surface area contributed by atoms with Crippen LogP contribution >= 0.6 is 0 Å². The maximum absolute atomic E-state index is 3.94. The van der Waals surface area contributed by atoms with Crippen LogP contribution in [0, 0.1) is 5.92 Å². The smallest absolute Gasteiger partial charge is 0.0429 e. The van der Waals surface area contributed by atoms with Crippen molar-refractivity contribution < 1.29 is 0 Å². The van der Waals surface area contributed by atoms with E-state index < -0.39 is 0 Å². The molecule has 0 N–H and O–H groups in total. The zero-order valence-electron chi connectivity index (χ0n) is 6.43. The maximum Gasteiger partial charge on any atom is 0.0429 e. The lowest BCUT2D eigenvalue weighted by Gasteiger charge is -1.95. The molecule has 0 unspecified atom stereocenters. The number of rotatable bonds is 3. The summed E-state index contributed by atoms with van der Waals surface area (Å²) < 4.78 is 0. The molecule has 54 valence electrons. The Labute approximate surface area is 62.2 Å². The van der Waals surface area contributed by atoms with Gasteiger partial charge in [0.25, 0.3) is 0 Å². The first-order valence-electron chi connectivity index (χ1n) is 3.58. The highest BCUT2D eigenvalue weighted by molar-refractivity contribution is 5.33. The molecule has 0 heterocycles. The number of nitrogens with zero attached hydrogens (tertiary/aromatic N) is 1. The van der Waals surface area contributed by atoms with Crippen molar-refractivity contribution in [1.29, 1.82) is 0 Å². The monoisotopic (exact) mass is 135 g/mol. The van der Waals surface area contributed by atoms with Gasteiger partial charge in [-0.25, -0.2) is 0 Å². The van der Waals surface area contributed by atoms with Crippen LogP contribution < -0.4 is 0 Å². The van der Waals surface area contributed by atoms with Crippen LogP contribution in [0.2, 0.25) is 0 Å². The number of hydrogen-bond donors (Lipinski definition) is 0. The summed E-state index contributed by atoms with van der Waals surface area (Å²) in [6, 6.07) is 0. The molecule has 1 nitrogen and oxygen atoms in total. The van der Waals surface area contributed by atoms with Crippen LogP contribution in [0.4, 0.5) is 0 Å². The third-order valence-corrected chi connectivity index (χ3v) is 1.57. The van der Waals surface area contributed by atoms with Crippen molar-refractivity contribution >= 4 is 6.72 Å². The van der Waals surface area contributed by atoms with Gasteiger partial charge in [-0.15, -0.1) is 0 Å². The highest BCUT2D eigenvalue weighted by atomic mass is 14.7. The summed E-state index contributed by atoms with van der Waals surface area (Å²) in [6.07, 6.45) is 4.57. The Morgan fingerprint density at radius 3 is 2.50 bits per heavy atom. The minimum Gasteiger partial charge on any atom is -0.269 e. The average Bonchev–Trinajstić information content (AvgIpc) is 2.63. The Bertz CT molecular complexity index is 185. The summed E-state index contributed by atoms with van der Waals surface area (Å²) in [7, 11) is 0. The summed E-state index contributed by atoms with van der Waals surface area (Å²) in [6.45, 7) is 9.28. The van der Waals surface area contributed by atoms with Gasteiger partial charge in [0.15, 0.2) is 0 Å². The van der Waals surface area contributed by atoms with Crippen molar-refractivity contribution in [2.75, 3.05) is 0 Å². The largest absolute Gasteiger partial charge is 0.269 e. The third kappa shape index (κ3) is 1.83. The van der Waals surface area contributed by atoms with E-state index in [1.165, 1.54) is 12.8 Å². The van der Waals surface area contributed by atoms with Gasteiger partial charge in [0.05, 0.1) is 0 Å². The fourth-order valence-corrected chi connectivity index (χ4v) is 0.924. The SMILES string of the molecule is C=N/C(=C\C(=C)C)C1CC1. The van der Waals surface area contributed by atoms with Gasteiger partial charge in [-0.2, -0.15) is 0 Å². The second-order valence-corrected chi connectivity index (χ2v) is 2.85. The van der Waals surface area contributed by atoms with Crippen LogP contribution in [0.5, 0.6) is 0 Å². The van der Waals surface area contributed by atoms with Crippen LogP contribution in [-0.2, 0) is 0 Å². The van der Waals surface area contributed by atoms with E-state index in [-0.39, 0.29) is 0 Å². The molecule has 1 saturated carbocycles. The summed E-state index contributed by atoms with van der Waals surface area (Å²) in [5.74, 6) is 0.689. The van der Waals surface area contributed by atoms with Crippen molar-refractivity contribution in [3.05, 3.63) is 23.9 Å². The Kier molecular flexibility index (Phi) is 2.05. The van der Waals surface area contributed by atoms with Crippen LogP contribution in [-0.4, -0.2) is 6.72 Å². The summed E-state index contributed by atoms with van der Waals surface area (Å²) in [5.41, 5.74) is 2.18. The topological polar surface area (TPSA) is 12.4 Å². The molecule has 1 rings (SSSR count). The Morgan fingerprint density at radius 1 is 1.60 bits per heavy atom. The standard InChI is InChI=1S/C9H13N/c1-7(2)6-9(10-3)8-4-5-8/h6,8H,1,3-5H2,2H3/b9-6-. The zero-order valence-corrected chi connectivity index (χ0v) is 6.43. The maximum atomic E-state index is 3.94. The summed E-state index contributed by atoms with van der Waals surface area (Å²) in [4.78, 5) is 3.94. The first kappa shape index (κ1) is 7.26. The summed E-state index contributed by atoms with van der Waals surface area (Å²) in [5, 5.41) is 0. The fraction of sp³-hybridized carbons (Fsp3) is 0.444.